The van der Waals surface area contributed by atoms with Gasteiger partial charge in [-0.2, -0.15) is 0 Å². The summed E-state index contributed by atoms with van der Waals surface area (Å²) in [6, 6.07) is 17.0. The van der Waals surface area contributed by atoms with E-state index in [1.165, 1.54) is 16.2 Å². The molecule has 0 unspecified atom stereocenters. The number of piperidine rings is 1. The summed E-state index contributed by atoms with van der Waals surface area (Å²) in [7, 11) is 0. The average Bonchev–Trinajstić information content (AvgIpc) is 2.84. The highest BCUT2D eigenvalue weighted by Crippen LogP contribution is 2.99. The van der Waals surface area contributed by atoms with Gasteiger partial charge in [-0.1, -0.05) is 100 Å². The van der Waals surface area contributed by atoms with E-state index >= 15 is 0 Å². The van der Waals surface area contributed by atoms with Crippen molar-refractivity contribution in [3.63, 3.8) is 0 Å². The first-order chi connectivity index (χ1) is 16.2. The van der Waals surface area contributed by atoms with Crippen molar-refractivity contribution in [3.05, 3.63) is 59.7 Å². The summed E-state index contributed by atoms with van der Waals surface area (Å²) in [5, 5.41) is 11.8. The van der Waals surface area contributed by atoms with Crippen LogP contribution in [0.4, 0.5) is 0 Å². The van der Waals surface area contributed by atoms with Gasteiger partial charge in [0.2, 0.25) is 11.8 Å². The minimum Gasteiger partial charge on any atom is -0.392 e. The molecule has 2 amide bonds. The Kier molecular flexibility index (Phi) is 12.2. The highest BCUT2D eigenvalue weighted by molar-refractivity contribution is 9.43. The molecular formula is C23H30N2O3P2S4. The van der Waals surface area contributed by atoms with Crippen LogP contribution in [0.5, 0.6) is 0 Å². The van der Waals surface area contributed by atoms with Crippen LogP contribution in [0.3, 0.4) is 0 Å². The quantitative estimate of drug-likeness (QED) is 0.399. The van der Waals surface area contributed by atoms with Crippen molar-refractivity contribution < 1.29 is 14.7 Å². The number of rotatable bonds is 4. The second-order valence-corrected chi connectivity index (χ2v) is 24.4. The SMILES string of the molecule is C=S.CC(=O)N1CCC(C(N)=O)CC1.Cc1ccc(P2(=S)SP(c3ccc(CO)cc3)S2)cc1. The largest absolute Gasteiger partial charge is 0.392 e. The number of nitrogens with zero attached hydrogens (tertiary/aromatic N) is 1. The molecule has 0 saturated carbocycles. The molecule has 2 fully saturated rings. The summed E-state index contributed by atoms with van der Waals surface area (Å²) in [4.78, 5) is 23.4. The normalized spacial score (nSPS) is 21.7. The van der Waals surface area contributed by atoms with Crippen LogP contribution in [-0.4, -0.2) is 40.8 Å². The predicted molar refractivity (Wildman–Crippen MR) is 158 cm³/mol. The molecule has 4 rings (SSSR count). The summed E-state index contributed by atoms with van der Waals surface area (Å²) >= 11 is 13.7. The molecule has 184 valence electrons. The standard InChI is InChI=1S/C14H14OP2S3.C8H14N2O2.CH2S/c1-11-2-8-14(9-3-11)17(18)19-16(20-17)13-6-4-12(10-15)5-7-13;1-6(11)10-4-2-7(3-5-10)8(9)12;1-2/h2-9,15H,10H2,1H3;7H,2-5H2,1H3,(H2,9,12);1H2. The van der Waals surface area contributed by atoms with Crippen molar-refractivity contribution in [2.75, 3.05) is 13.1 Å². The van der Waals surface area contributed by atoms with E-state index in [-0.39, 0.29) is 30.7 Å². The first-order valence-electron chi connectivity index (χ1n) is 10.6. The van der Waals surface area contributed by atoms with Crippen molar-refractivity contribution in [3.8, 4) is 0 Å². The third-order valence-corrected chi connectivity index (χ3v) is 30.4. The molecule has 0 aliphatic carbocycles. The lowest BCUT2D eigenvalue weighted by Gasteiger charge is -2.37. The monoisotopic (exact) mass is 572 g/mol. The number of thiocarbonyl (C=S) groups is 1. The summed E-state index contributed by atoms with van der Waals surface area (Å²) in [6.07, 6.45) is 1.20. The Hall–Kier alpha value is -0.790. The van der Waals surface area contributed by atoms with Crippen LogP contribution in [0.2, 0.25) is 0 Å². The Morgan fingerprint density at radius 3 is 2.09 bits per heavy atom. The van der Waals surface area contributed by atoms with E-state index in [1.54, 1.807) is 11.8 Å². The molecule has 5 nitrogen and oxygen atoms in total. The van der Waals surface area contributed by atoms with Crippen LogP contribution < -0.4 is 16.3 Å². The van der Waals surface area contributed by atoms with Crippen molar-refractivity contribution in [2.45, 2.75) is 33.3 Å². The topological polar surface area (TPSA) is 83.6 Å². The van der Waals surface area contributed by atoms with Crippen LogP contribution in [-0.2, 0) is 28.0 Å². The highest BCUT2D eigenvalue weighted by Gasteiger charge is 2.40. The van der Waals surface area contributed by atoms with Crippen LogP contribution in [0.15, 0.2) is 48.5 Å². The first-order valence-corrected chi connectivity index (χ1v) is 19.4. The maximum Gasteiger partial charge on any atom is 0.220 e. The molecule has 0 spiro atoms. The Balaban J connectivity index is 0.000000251. The smallest absolute Gasteiger partial charge is 0.220 e. The van der Waals surface area contributed by atoms with Gasteiger partial charge in [-0.25, -0.2) is 0 Å². The van der Waals surface area contributed by atoms with E-state index in [2.05, 4.69) is 61.4 Å². The Morgan fingerprint density at radius 2 is 1.65 bits per heavy atom. The summed E-state index contributed by atoms with van der Waals surface area (Å²) in [5.74, 6) is 2.65. The number of aliphatic hydroxyl groups is 1. The number of primary amides is 1. The number of aryl methyl sites for hydroxylation is 1. The van der Waals surface area contributed by atoms with E-state index in [9.17, 15) is 9.59 Å². The molecule has 2 heterocycles. The second-order valence-electron chi connectivity index (χ2n) is 7.76. The summed E-state index contributed by atoms with van der Waals surface area (Å²) in [5.41, 5.74) is 7.40. The first kappa shape index (κ1) is 29.4. The maximum absolute atomic E-state index is 10.9. The number of aliphatic hydroxyl groups excluding tert-OH is 1. The predicted octanol–water partition coefficient (Wildman–Crippen LogP) is 4.89. The van der Waals surface area contributed by atoms with Gasteiger partial charge in [0.1, 0.15) is 0 Å². The van der Waals surface area contributed by atoms with Gasteiger partial charge in [0.25, 0.3) is 0 Å². The van der Waals surface area contributed by atoms with Crippen molar-refractivity contribution >= 4 is 85.1 Å². The van der Waals surface area contributed by atoms with Gasteiger partial charge in [0.15, 0.2) is 0 Å². The zero-order valence-electron chi connectivity index (χ0n) is 19.3. The van der Waals surface area contributed by atoms with Gasteiger partial charge >= 0.3 is 0 Å². The fraction of sp³-hybridized carbons (Fsp3) is 0.348. The molecule has 0 atom stereocenters. The lowest BCUT2D eigenvalue weighted by molar-refractivity contribution is -0.132. The van der Waals surface area contributed by atoms with Gasteiger partial charge in [-0.05, 0) is 36.5 Å². The number of amides is 2. The molecule has 2 aromatic carbocycles. The van der Waals surface area contributed by atoms with E-state index in [0.717, 1.165) is 18.4 Å². The van der Waals surface area contributed by atoms with E-state index in [0.29, 0.717) is 13.1 Å². The number of nitrogens with two attached hydrogens (primary N) is 1. The van der Waals surface area contributed by atoms with E-state index in [4.69, 9.17) is 22.6 Å². The summed E-state index contributed by atoms with van der Waals surface area (Å²) < 4.78 is -1.46. The fourth-order valence-electron chi connectivity index (χ4n) is 3.32. The Bertz CT molecular complexity index is 982. The molecule has 11 heteroatoms. The Morgan fingerprint density at radius 1 is 1.12 bits per heavy atom. The molecule has 3 N–H and O–H groups in total. The molecule has 2 aliphatic heterocycles. The van der Waals surface area contributed by atoms with Crippen molar-refractivity contribution in [1.82, 2.24) is 4.90 Å². The van der Waals surface area contributed by atoms with Crippen LogP contribution in [0.25, 0.3) is 0 Å². The number of likely N-dealkylation sites (tertiary alicyclic amines) is 1. The van der Waals surface area contributed by atoms with Crippen molar-refractivity contribution in [1.29, 1.82) is 0 Å². The third-order valence-electron chi connectivity index (χ3n) is 5.39. The van der Waals surface area contributed by atoms with Crippen LogP contribution in [0, 0.1) is 12.8 Å². The van der Waals surface area contributed by atoms with Gasteiger partial charge in [0.05, 0.1) is 17.4 Å². The van der Waals surface area contributed by atoms with Crippen LogP contribution in [0.1, 0.15) is 30.9 Å². The number of carbonyl (C=O) groups excluding carboxylic acids is 2. The van der Waals surface area contributed by atoms with Crippen LogP contribution >= 0.6 is 45.0 Å². The number of benzene rings is 2. The molecule has 2 saturated heterocycles. The van der Waals surface area contributed by atoms with Gasteiger partial charge < -0.3 is 15.7 Å². The van der Waals surface area contributed by atoms with Gasteiger partial charge in [-0.15, -0.1) is 0 Å². The molecule has 2 aromatic rings. The molecule has 0 aromatic heterocycles. The maximum atomic E-state index is 10.9. The minimum atomic E-state index is -1.46. The van der Waals surface area contributed by atoms with Gasteiger partial charge in [-0.3, -0.25) is 9.59 Å². The summed E-state index contributed by atoms with van der Waals surface area (Å²) in [6.45, 7) is 5.10. The third kappa shape index (κ3) is 8.12. The number of hydrogen-bond donors (Lipinski definition) is 2. The van der Waals surface area contributed by atoms with E-state index in [1.807, 2.05) is 34.1 Å². The molecule has 0 radical (unpaired) electrons. The zero-order valence-corrected chi connectivity index (χ0v) is 24.3. The second kappa shape index (κ2) is 14.1. The van der Waals surface area contributed by atoms with Gasteiger partial charge in [0, 0.05) is 31.2 Å². The number of hydrogen-bond acceptors (Lipinski definition) is 7. The Labute approximate surface area is 221 Å². The van der Waals surface area contributed by atoms with E-state index < -0.39 is 4.44 Å². The molecule has 0 bridgehead atoms. The zero-order chi connectivity index (χ0) is 25.3. The lowest BCUT2D eigenvalue weighted by atomic mass is 9.96. The highest BCUT2D eigenvalue weighted by atomic mass is 33.7. The average molecular weight is 573 g/mol. The lowest BCUT2D eigenvalue weighted by Crippen LogP contribution is -2.40. The molecular weight excluding hydrogens is 542 g/mol. The number of carbonyl (C=O) groups is 2. The van der Waals surface area contributed by atoms with Crippen molar-refractivity contribution in [2.24, 2.45) is 11.7 Å². The minimum absolute atomic E-state index is 0.0272. The molecule has 2 aliphatic rings. The fourth-order valence-corrected chi connectivity index (χ4v) is 29.3. The molecule has 34 heavy (non-hydrogen) atoms.